The molecule has 0 radical (unpaired) electrons. The highest BCUT2D eigenvalue weighted by atomic mass is 19.1. The molecule has 0 aliphatic heterocycles. The molecule has 0 saturated heterocycles. The number of rotatable bonds is 11. The summed E-state index contributed by atoms with van der Waals surface area (Å²) in [6.45, 7) is -0.304. The Balaban J connectivity index is 1.87. The van der Waals surface area contributed by atoms with E-state index in [-0.39, 0.29) is 50.4 Å². The van der Waals surface area contributed by atoms with Crippen LogP contribution in [0, 0.1) is 5.82 Å². The highest BCUT2D eigenvalue weighted by Gasteiger charge is 2.30. The minimum absolute atomic E-state index is 0.0726. The van der Waals surface area contributed by atoms with Gasteiger partial charge in [0.05, 0.1) is 6.61 Å². The van der Waals surface area contributed by atoms with Crippen molar-refractivity contribution in [1.82, 2.24) is 10.2 Å². The van der Waals surface area contributed by atoms with E-state index in [0.29, 0.717) is 11.3 Å². The molecule has 0 heterocycles. The fourth-order valence-electron chi connectivity index (χ4n) is 3.38. The Labute approximate surface area is 192 Å². The first-order valence-corrected chi connectivity index (χ1v) is 10.7. The summed E-state index contributed by atoms with van der Waals surface area (Å²) in [6.07, 6.45) is 0.274. The molecule has 3 aromatic carbocycles. The number of aliphatic hydroxyl groups is 1. The summed E-state index contributed by atoms with van der Waals surface area (Å²) in [4.78, 5) is 27.8. The van der Waals surface area contributed by atoms with Crippen LogP contribution in [0.3, 0.4) is 0 Å². The minimum Gasteiger partial charge on any atom is -0.484 e. The SMILES string of the molecule is O=C(NCCO)[C@@H](Cc1ccccc1)N(Cc1ccc(F)cc1)C(=O)COc1ccccc1. The fourth-order valence-corrected chi connectivity index (χ4v) is 3.38. The van der Waals surface area contributed by atoms with Crippen LogP contribution in [-0.2, 0) is 22.6 Å². The van der Waals surface area contributed by atoms with Crippen LogP contribution in [0.2, 0.25) is 0 Å². The van der Waals surface area contributed by atoms with E-state index < -0.39 is 6.04 Å². The maximum atomic E-state index is 13.4. The number of nitrogens with zero attached hydrogens (tertiary/aromatic N) is 1. The molecule has 0 bridgehead atoms. The lowest BCUT2D eigenvalue weighted by atomic mass is 10.0. The number of para-hydroxylation sites is 1. The number of amides is 2. The molecule has 0 fully saturated rings. The van der Waals surface area contributed by atoms with Gasteiger partial charge in [-0.1, -0.05) is 60.7 Å². The zero-order chi connectivity index (χ0) is 23.5. The van der Waals surface area contributed by atoms with Crippen molar-refractivity contribution in [2.45, 2.75) is 19.0 Å². The van der Waals surface area contributed by atoms with Gasteiger partial charge in [-0.05, 0) is 35.4 Å². The summed E-state index contributed by atoms with van der Waals surface area (Å²) in [7, 11) is 0. The van der Waals surface area contributed by atoms with Crippen LogP contribution in [0.5, 0.6) is 5.75 Å². The average molecular weight is 451 g/mol. The van der Waals surface area contributed by atoms with Crippen LogP contribution >= 0.6 is 0 Å². The van der Waals surface area contributed by atoms with Gasteiger partial charge in [0.2, 0.25) is 5.91 Å². The van der Waals surface area contributed by atoms with Crippen molar-refractivity contribution in [3.05, 3.63) is 102 Å². The Morgan fingerprint density at radius 2 is 1.55 bits per heavy atom. The predicted octanol–water partition coefficient (Wildman–Crippen LogP) is 2.95. The molecule has 3 aromatic rings. The first kappa shape index (κ1) is 23.9. The number of aliphatic hydroxyl groups excluding tert-OH is 1. The van der Waals surface area contributed by atoms with Crippen LogP contribution in [0.1, 0.15) is 11.1 Å². The summed E-state index contributed by atoms with van der Waals surface area (Å²) < 4.78 is 19.1. The smallest absolute Gasteiger partial charge is 0.261 e. The monoisotopic (exact) mass is 450 g/mol. The molecule has 33 heavy (non-hydrogen) atoms. The van der Waals surface area contributed by atoms with Gasteiger partial charge in [-0.15, -0.1) is 0 Å². The zero-order valence-electron chi connectivity index (χ0n) is 18.2. The third kappa shape index (κ3) is 7.43. The number of carbonyl (C=O) groups is 2. The van der Waals surface area contributed by atoms with Crippen molar-refractivity contribution < 1.29 is 23.8 Å². The first-order chi connectivity index (χ1) is 16.1. The van der Waals surface area contributed by atoms with Crippen LogP contribution in [0.4, 0.5) is 4.39 Å². The predicted molar refractivity (Wildman–Crippen MR) is 123 cm³/mol. The van der Waals surface area contributed by atoms with Gasteiger partial charge in [-0.25, -0.2) is 4.39 Å². The number of hydrogen-bond donors (Lipinski definition) is 2. The van der Waals surface area contributed by atoms with Gasteiger partial charge in [0, 0.05) is 19.5 Å². The lowest BCUT2D eigenvalue weighted by Crippen LogP contribution is -2.52. The second-order valence-corrected chi connectivity index (χ2v) is 7.47. The molecule has 1 atom stereocenters. The van der Waals surface area contributed by atoms with Crippen LogP contribution in [-0.4, -0.2) is 47.6 Å². The van der Waals surface area contributed by atoms with Crippen LogP contribution in [0.25, 0.3) is 0 Å². The first-order valence-electron chi connectivity index (χ1n) is 10.7. The Morgan fingerprint density at radius 1 is 0.909 bits per heavy atom. The molecular weight excluding hydrogens is 423 g/mol. The molecule has 2 N–H and O–H groups in total. The lowest BCUT2D eigenvalue weighted by molar-refractivity contribution is -0.142. The van der Waals surface area contributed by atoms with E-state index in [4.69, 9.17) is 9.84 Å². The highest BCUT2D eigenvalue weighted by molar-refractivity contribution is 5.88. The number of hydrogen-bond acceptors (Lipinski definition) is 4. The fraction of sp³-hybridized carbons (Fsp3) is 0.231. The third-order valence-electron chi connectivity index (χ3n) is 5.05. The molecule has 3 rings (SSSR count). The normalized spacial score (nSPS) is 11.5. The van der Waals surface area contributed by atoms with Crippen molar-refractivity contribution in [2.75, 3.05) is 19.8 Å². The van der Waals surface area contributed by atoms with E-state index in [0.717, 1.165) is 5.56 Å². The van der Waals surface area contributed by atoms with Crippen LogP contribution in [0.15, 0.2) is 84.9 Å². The number of nitrogens with one attached hydrogen (secondary N) is 1. The van der Waals surface area contributed by atoms with Crippen molar-refractivity contribution in [2.24, 2.45) is 0 Å². The largest absolute Gasteiger partial charge is 0.484 e. The molecule has 0 spiro atoms. The summed E-state index contributed by atoms with van der Waals surface area (Å²) >= 11 is 0. The van der Waals surface area contributed by atoms with Gasteiger partial charge >= 0.3 is 0 Å². The topological polar surface area (TPSA) is 78.9 Å². The number of ether oxygens (including phenoxy) is 1. The van der Waals surface area contributed by atoms with E-state index >= 15 is 0 Å². The molecule has 0 aliphatic carbocycles. The second-order valence-electron chi connectivity index (χ2n) is 7.47. The van der Waals surface area contributed by atoms with Crippen molar-refractivity contribution in [1.29, 1.82) is 0 Å². The molecule has 0 aromatic heterocycles. The number of halogens is 1. The van der Waals surface area contributed by atoms with Crippen molar-refractivity contribution in [3.8, 4) is 5.75 Å². The standard InChI is InChI=1S/C26H27FN2O4/c27-22-13-11-21(12-14-22)18-29(25(31)19-33-23-9-5-2-6-10-23)24(26(32)28-15-16-30)17-20-7-3-1-4-8-20/h1-14,24,30H,15-19H2,(H,28,32)/t24-/m1/s1. The Kier molecular flexibility index (Phi) is 8.97. The van der Waals surface area contributed by atoms with Gasteiger partial charge in [-0.2, -0.15) is 0 Å². The van der Waals surface area contributed by atoms with E-state index in [1.165, 1.54) is 17.0 Å². The average Bonchev–Trinajstić information content (AvgIpc) is 2.85. The molecule has 172 valence electrons. The van der Waals surface area contributed by atoms with Gasteiger partial charge in [0.25, 0.3) is 5.91 Å². The van der Waals surface area contributed by atoms with Crippen LogP contribution < -0.4 is 10.1 Å². The zero-order valence-corrected chi connectivity index (χ0v) is 18.2. The molecule has 0 aliphatic rings. The summed E-state index contributed by atoms with van der Waals surface area (Å²) in [6, 6.07) is 23.2. The van der Waals surface area contributed by atoms with E-state index in [9.17, 15) is 14.0 Å². The van der Waals surface area contributed by atoms with Gasteiger partial charge < -0.3 is 20.1 Å². The van der Waals surface area contributed by atoms with Crippen molar-refractivity contribution in [3.63, 3.8) is 0 Å². The van der Waals surface area contributed by atoms with Gasteiger partial charge in [0.1, 0.15) is 17.6 Å². The van der Waals surface area contributed by atoms with Crippen molar-refractivity contribution >= 4 is 11.8 Å². The minimum atomic E-state index is -0.851. The summed E-state index contributed by atoms with van der Waals surface area (Å²) in [5.74, 6) is -0.617. The molecule has 0 saturated carbocycles. The maximum Gasteiger partial charge on any atom is 0.261 e. The second kappa shape index (κ2) is 12.4. The molecular formula is C26H27FN2O4. The van der Waals surface area contributed by atoms with Gasteiger partial charge in [-0.3, -0.25) is 9.59 Å². The Morgan fingerprint density at radius 3 is 2.18 bits per heavy atom. The quantitative estimate of drug-likeness (QED) is 0.471. The number of carbonyl (C=O) groups excluding carboxylic acids is 2. The summed E-state index contributed by atoms with van der Waals surface area (Å²) in [5.41, 5.74) is 1.56. The number of benzene rings is 3. The van der Waals surface area contributed by atoms with E-state index in [2.05, 4.69) is 5.32 Å². The molecule has 2 amide bonds. The summed E-state index contributed by atoms with van der Waals surface area (Å²) in [5, 5.41) is 11.8. The van der Waals surface area contributed by atoms with Gasteiger partial charge in [0.15, 0.2) is 6.61 Å². The molecule has 0 unspecified atom stereocenters. The highest BCUT2D eigenvalue weighted by Crippen LogP contribution is 2.16. The maximum absolute atomic E-state index is 13.4. The van der Waals surface area contributed by atoms with E-state index in [1.807, 2.05) is 36.4 Å². The lowest BCUT2D eigenvalue weighted by Gasteiger charge is -2.31. The molecule has 6 nitrogen and oxygen atoms in total. The molecule has 7 heteroatoms. The third-order valence-corrected chi connectivity index (χ3v) is 5.05. The Bertz CT molecular complexity index is 1010. The Hall–Kier alpha value is -3.71. The van der Waals surface area contributed by atoms with E-state index in [1.54, 1.807) is 36.4 Å².